The molecule has 0 bridgehead atoms. The van der Waals surface area contributed by atoms with E-state index in [1.165, 1.54) is 4.88 Å². The Morgan fingerprint density at radius 2 is 2.17 bits per heavy atom. The molecule has 0 unspecified atom stereocenters. The van der Waals surface area contributed by atoms with Gasteiger partial charge in [-0.3, -0.25) is 0 Å². The Hall–Kier alpha value is -0.660. The van der Waals surface area contributed by atoms with Crippen molar-refractivity contribution in [3.8, 4) is 0 Å². The van der Waals surface area contributed by atoms with Gasteiger partial charge in [-0.25, -0.2) is 4.98 Å². The quantitative estimate of drug-likeness (QED) is 0.805. The van der Waals surface area contributed by atoms with Gasteiger partial charge in [0.2, 0.25) is 5.95 Å². The molecule has 0 fully saturated rings. The smallest absolute Gasteiger partial charge is 0.224 e. The summed E-state index contributed by atoms with van der Waals surface area (Å²) in [6.45, 7) is 3.57. The molecule has 2 heterocycles. The van der Waals surface area contributed by atoms with E-state index >= 15 is 0 Å². The molecule has 0 aromatic carbocycles. The Bertz CT molecular complexity index is 530. The number of rotatable bonds is 5. The van der Waals surface area contributed by atoms with Crippen molar-refractivity contribution in [1.82, 2.24) is 9.97 Å². The second kappa shape index (κ2) is 6.49. The van der Waals surface area contributed by atoms with Crippen molar-refractivity contribution in [3.05, 3.63) is 31.5 Å². The normalized spacial score (nSPS) is 10.4. The van der Waals surface area contributed by atoms with E-state index in [1.54, 1.807) is 17.5 Å². The summed E-state index contributed by atoms with van der Waals surface area (Å²) in [4.78, 5) is 9.82. The first-order valence-corrected chi connectivity index (χ1v) is 7.88. The highest BCUT2D eigenvalue weighted by atomic mass is 79.9. The molecular weight excluding hydrogens is 380 g/mol. The molecule has 2 aromatic heterocycles. The Labute approximate surface area is 126 Å². The van der Waals surface area contributed by atoms with Gasteiger partial charge < -0.3 is 10.6 Å². The van der Waals surface area contributed by atoms with Crippen LogP contribution in [0.2, 0.25) is 0 Å². The summed E-state index contributed by atoms with van der Waals surface area (Å²) >= 11 is 8.59. The molecule has 4 nitrogen and oxygen atoms in total. The summed E-state index contributed by atoms with van der Waals surface area (Å²) in [5.41, 5.74) is 0. The van der Waals surface area contributed by atoms with E-state index in [0.29, 0.717) is 5.95 Å². The number of thiophene rings is 1. The van der Waals surface area contributed by atoms with Crippen molar-refractivity contribution in [2.24, 2.45) is 0 Å². The van der Waals surface area contributed by atoms with Crippen molar-refractivity contribution in [2.45, 2.75) is 13.5 Å². The topological polar surface area (TPSA) is 49.8 Å². The molecule has 0 saturated carbocycles. The maximum atomic E-state index is 4.40. The SMILES string of the molecule is CCNc1ncc(Br)c(NCc2cc(Br)cs2)n1. The summed E-state index contributed by atoms with van der Waals surface area (Å²) in [5, 5.41) is 8.45. The van der Waals surface area contributed by atoms with Gasteiger partial charge in [-0.05, 0) is 44.8 Å². The molecule has 2 rings (SSSR count). The third kappa shape index (κ3) is 3.66. The largest absolute Gasteiger partial charge is 0.364 e. The van der Waals surface area contributed by atoms with E-state index in [4.69, 9.17) is 0 Å². The molecule has 2 aromatic rings. The van der Waals surface area contributed by atoms with Crippen molar-refractivity contribution in [3.63, 3.8) is 0 Å². The van der Waals surface area contributed by atoms with E-state index in [2.05, 4.69) is 63.9 Å². The van der Waals surface area contributed by atoms with Crippen molar-refractivity contribution < 1.29 is 0 Å². The van der Waals surface area contributed by atoms with E-state index < -0.39 is 0 Å². The van der Waals surface area contributed by atoms with Gasteiger partial charge in [0.05, 0.1) is 11.0 Å². The standard InChI is InChI=1S/C11H12Br2N4S/c1-2-14-11-16-5-9(13)10(17-11)15-4-8-3-7(12)6-18-8/h3,5-6H,2,4H2,1H3,(H2,14,15,16,17). The Morgan fingerprint density at radius 3 is 2.83 bits per heavy atom. The molecule has 7 heteroatoms. The molecule has 0 spiro atoms. The summed E-state index contributed by atoms with van der Waals surface area (Å²) < 4.78 is 1.97. The lowest BCUT2D eigenvalue weighted by Gasteiger charge is -2.08. The van der Waals surface area contributed by atoms with Gasteiger partial charge in [0, 0.05) is 27.5 Å². The van der Waals surface area contributed by atoms with Crippen LogP contribution in [0.25, 0.3) is 0 Å². The average molecular weight is 392 g/mol. The molecule has 0 amide bonds. The molecule has 0 saturated heterocycles. The number of nitrogens with one attached hydrogen (secondary N) is 2. The van der Waals surface area contributed by atoms with Gasteiger partial charge in [-0.15, -0.1) is 11.3 Å². The number of halogens is 2. The van der Waals surface area contributed by atoms with Crippen LogP contribution in [0.5, 0.6) is 0 Å². The van der Waals surface area contributed by atoms with Crippen LogP contribution in [0.15, 0.2) is 26.6 Å². The lowest BCUT2D eigenvalue weighted by molar-refractivity contribution is 1.05. The summed E-state index contributed by atoms with van der Waals surface area (Å²) in [7, 11) is 0. The van der Waals surface area contributed by atoms with Crippen LogP contribution in [0.1, 0.15) is 11.8 Å². The summed E-state index contributed by atoms with van der Waals surface area (Å²) in [5.74, 6) is 1.43. The summed E-state index contributed by atoms with van der Waals surface area (Å²) in [6, 6.07) is 2.10. The number of anilines is 2. The minimum absolute atomic E-state index is 0.635. The first-order valence-electron chi connectivity index (χ1n) is 5.42. The fourth-order valence-electron chi connectivity index (χ4n) is 1.35. The van der Waals surface area contributed by atoms with Gasteiger partial charge in [-0.2, -0.15) is 4.98 Å². The highest BCUT2D eigenvalue weighted by Crippen LogP contribution is 2.23. The van der Waals surface area contributed by atoms with Gasteiger partial charge >= 0.3 is 0 Å². The van der Waals surface area contributed by atoms with Crippen LogP contribution < -0.4 is 10.6 Å². The minimum atomic E-state index is 0.635. The van der Waals surface area contributed by atoms with E-state index in [1.807, 2.05) is 6.92 Å². The molecular formula is C11H12Br2N4S. The zero-order valence-corrected chi connectivity index (χ0v) is 13.7. The van der Waals surface area contributed by atoms with Crippen LogP contribution in [0.3, 0.4) is 0 Å². The first kappa shape index (κ1) is 13.8. The molecule has 18 heavy (non-hydrogen) atoms. The predicted octanol–water partition coefficient (Wildman–Crippen LogP) is 4.11. The maximum absolute atomic E-state index is 4.40. The molecule has 0 radical (unpaired) electrons. The van der Waals surface area contributed by atoms with Crippen LogP contribution in [0, 0.1) is 0 Å². The molecule has 0 aliphatic rings. The fourth-order valence-corrected chi connectivity index (χ4v) is 3.07. The number of hydrogen-bond acceptors (Lipinski definition) is 5. The number of nitrogens with zero attached hydrogens (tertiary/aromatic N) is 2. The fraction of sp³-hybridized carbons (Fsp3) is 0.273. The van der Waals surface area contributed by atoms with Crippen molar-refractivity contribution >= 4 is 55.0 Å². The third-order valence-corrected chi connectivity index (χ3v) is 4.41. The molecule has 2 N–H and O–H groups in total. The molecule has 0 aliphatic carbocycles. The minimum Gasteiger partial charge on any atom is -0.364 e. The Balaban J connectivity index is 2.05. The summed E-state index contributed by atoms with van der Waals surface area (Å²) in [6.07, 6.45) is 1.75. The van der Waals surface area contributed by atoms with Crippen LogP contribution in [0.4, 0.5) is 11.8 Å². The van der Waals surface area contributed by atoms with Gasteiger partial charge in [0.15, 0.2) is 0 Å². The van der Waals surface area contributed by atoms with Gasteiger partial charge in [0.1, 0.15) is 5.82 Å². The van der Waals surface area contributed by atoms with Crippen LogP contribution in [-0.2, 0) is 6.54 Å². The highest BCUT2D eigenvalue weighted by molar-refractivity contribution is 9.10. The second-order valence-corrected chi connectivity index (χ2v) is 6.27. The Morgan fingerprint density at radius 1 is 1.33 bits per heavy atom. The van der Waals surface area contributed by atoms with Crippen molar-refractivity contribution in [1.29, 1.82) is 0 Å². The third-order valence-electron chi connectivity index (χ3n) is 2.13. The Kier molecular flexibility index (Phi) is 4.96. The second-order valence-electron chi connectivity index (χ2n) is 3.51. The van der Waals surface area contributed by atoms with Crippen LogP contribution in [-0.4, -0.2) is 16.5 Å². The zero-order valence-electron chi connectivity index (χ0n) is 9.70. The molecule has 0 atom stereocenters. The molecule has 96 valence electrons. The van der Waals surface area contributed by atoms with E-state index in [9.17, 15) is 0 Å². The lowest BCUT2D eigenvalue weighted by Crippen LogP contribution is -2.06. The van der Waals surface area contributed by atoms with Crippen LogP contribution >= 0.6 is 43.2 Å². The average Bonchev–Trinajstić information content (AvgIpc) is 2.76. The van der Waals surface area contributed by atoms with Crippen molar-refractivity contribution in [2.75, 3.05) is 17.2 Å². The highest BCUT2D eigenvalue weighted by Gasteiger charge is 2.05. The number of hydrogen-bond donors (Lipinski definition) is 2. The monoisotopic (exact) mass is 390 g/mol. The first-order chi connectivity index (χ1) is 8.69. The van der Waals surface area contributed by atoms with Gasteiger partial charge in [-0.1, -0.05) is 0 Å². The van der Waals surface area contributed by atoms with E-state index in [0.717, 1.165) is 27.9 Å². The molecule has 0 aliphatic heterocycles. The zero-order chi connectivity index (χ0) is 13.0. The maximum Gasteiger partial charge on any atom is 0.224 e. The van der Waals surface area contributed by atoms with Gasteiger partial charge in [0.25, 0.3) is 0 Å². The predicted molar refractivity (Wildman–Crippen MR) is 83.2 cm³/mol. The number of aromatic nitrogens is 2. The van der Waals surface area contributed by atoms with E-state index in [-0.39, 0.29) is 0 Å². The lowest BCUT2D eigenvalue weighted by atomic mass is 10.4.